The number of piperazine rings is 1. The number of aryl methyl sites for hydroxylation is 1. The first-order chi connectivity index (χ1) is 13.4. The number of anilines is 1. The van der Waals surface area contributed by atoms with Gasteiger partial charge in [-0.1, -0.05) is 35.9 Å². The summed E-state index contributed by atoms with van der Waals surface area (Å²) in [5.41, 5.74) is 4.11. The molecule has 2 N–H and O–H groups in total. The summed E-state index contributed by atoms with van der Waals surface area (Å²) in [6.45, 7) is 7.40. The van der Waals surface area contributed by atoms with Gasteiger partial charge in [-0.3, -0.25) is 9.59 Å². The maximum atomic E-state index is 12.5. The van der Waals surface area contributed by atoms with E-state index in [-0.39, 0.29) is 11.8 Å². The molecule has 0 radical (unpaired) electrons. The van der Waals surface area contributed by atoms with Gasteiger partial charge in [-0.05, 0) is 48.7 Å². The number of amides is 2. The summed E-state index contributed by atoms with van der Waals surface area (Å²) in [4.78, 5) is 28.0. The van der Waals surface area contributed by atoms with Crippen LogP contribution in [0.4, 0.5) is 5.69 Å². The SMILES string of the molecule is Cc1cccc(NC(=O)C[NH+]2CCN(C(=O)Cc3ccc(Cl)cc3)CC2)c1C. The molecule has 3 rings (SSSR count). The predicted molar refractivity (Wildman–Crippen MR) is 112 cm³/mol. The smallest absolute Gasteiger partial charge is 0.279 e. The van der Waals surface area contributed by atoms with Crippen molar-refractivity contribution in [3.8, 4) is 0 Å². The Hall–Kier alpha value is -2.37. The van der Waals surface area contributed by atoms with E-state index in [0.29, 0.717) is 31.1 Å². The molecular weight excluding hydrogens is 374 g/mol. The van der Waals surface area contributed by atoms with Crippen molar-refractivity contribution in [1.29, 1.82) is 0 Å². The van der Waals surface area contributed by atoms with Crippen molar-refractivity contribution >= 4 is 29.1 Å². The van der Waals surface area contributed by atoms with Crippen molar-refractivity contribution in [2.75, 3.05) is 38.0 Å². The summed E-state index contributed by atoms with van der Waals surface area (Å²) in [6, 6.07) is 13.3. The van der Waals surface area contributed by atoms with Crippen LogP contribution >= 0.6 is 11.6 Å². The first-order valence-corrected chi connectivity index (χ1v) is 10.0. The van der Waals surface area contributed by atoms with Crippen LogP contribution in [0.2, 0.25) is 5.02 Å². The van der Waals surface area contributed by atoms with Gasteiger partial charge >= 0.3 is 0 Å². The molecule has 2 aromatic rings. The zero-order chi connectivity index (χ0) is 20.1. The van der Waals surface area contributed by atoms with Gasteiger partial charge in [0.15, 0.2) is 6.54 Å². The van der Waals surface area contributed by atoms with E-state index in [1.165, 1.54) is 4.90 Å². The fraction of sp³-hybridized carbons (Fsp3) is 0.364. The molecular formula is C22H27ClN3O2+. The van der Waals surface area contributed by atoms with Crippen LogP contribution < -0.4 is 10.2 Å². The number of nitrogens with zero attached hydrogens (tertiary/aromatic N) is 1. The number of nitrogens with one attached hydrogen (secondary N) is 2. The lowest BCUT2D eigenvalue weighted by molar-refractivity contribution is -0.895. The van der Waals surface area contributed by atoms with Gasteiger partial charge in [0.05, 0.1) is 32.6 Å². The van der Waals surface area contributed by atoms with Gasteiger partial charge in [-0.2, -0.15) is 0 Å². The second-order valence-corrected chi connectivity index (χ2v) is 7.84. The molecule has 6 heteroatoms. The number of halogens is 1. The normalized spacial score (nSPS) is 14.8. The van der Waals surface area contributed by atoms with E-state index in [2.05, 4.69) is 5.32 Å². The average Bonchev–Trinajstić information content (AvgIpc) is 2.68. The van der Waals surface area contributed by atoms with E-state index in [9.17, 15) is 9.59 Å². The highest BCUT2D eigenvalue weighted by molar-refractivity contribution is 6.30. The second-order valence-electron chi connectivity index (χ2n) is 7.41. The van der Waals surface area contributed by atoms with Crippen molar-refractivity contribution in [2.24, 2.45) is 0 Å². The zero-order valence-electron chi connectivity index (χ0n) is 16.4. The molecule has 1 heterocycles. The number of hydrogen-bond donors (Lipinski definition) is 2. The van der Waals surface area contributed by atoms with Gasteiger partial charge in [0.25, 0.3) is 5.91 Å². The molecule has 1 fully saturated rings. The van der Waals surface area contributed by atoms with E-state index in [1.807, 2.05) is 49.1 Å². The Morgan fingerprint density at radius 2 is 1.75 bits per heavy atom. The molecule has 1 saturated heterocycles. The Labute approximate surface area is 171 Å². The van der Waals surface area contributed by atoms with Gasteiger partial charge in [0.1, 0.15) is 0 Å². The van der Waals surface area contributed by atoms with Gasteiger partial charge in [0, 0.05) is 10.7 Å². The standard InChI is InChI=1S/C22H26ClN3O2/c1-16-4-3-5-20(17(16)2)24-21(27)15-25-10-12-26(13-11-25)22(28)14-18-6-8-19(23)9-7-18/h3-9H,10-15H2,1-2H3,(H,24,27)/p+1. The number of hydrogen-bond acceptors (Lipinski definition) is 2. The van der Waals surface area contributed by atoms with E-state index in [0.717, 1.165) is 35.5 Å². The fourth-order valence-corrected chi connectivity index (χ4v) is 3.57. The van der Waals surface area contributed by atoms with Crippen molar-refractivity contribution < 1.29 is 14.5 Å². The molecule has 1 aliphatic rings. The largest absolute Gasteiger partial charge is 0.331 e. The first-order valence-electron chi connectivity index (χ1n) is 9.64. The quantitative estimate of drug-likeness (QED) is 0.805. The molecule has 0 aliphatic carbocycles. The predicted octanol–water partition coefficient (Wildman–Crippen LogP) is 1.87. The molecule has 5 nitrogen and oxygen atoms in total. The van der Waals surface area contributed by atoms with Gasteiger partial charge in [-0.15, -0.1) is 0 Å². The highest BCUT2D eigenvalue weighted by Crippen LogP contribution is 2.17. The van der Waals surface area contributed by atoms with Gasteiger partial charge in [-0.25, -0.2) is 0 Å². The highest BCUT2D eigenvalue weighted by Gasteiger charge is 2.25. The molecule has 0 spiro atoms. The monoisotopic (exact) mass is 400 g/mol. The molecule has 0 unspecified atom stereocenters. The Morgan fingerprint density at radius 1 is 1.07 bits per heavy atom. The van der Waals surface area contributed by atoms with E-state index in [1.54, 1.807) is 12.1 Å². The van der Waals surface area contributed by atoms with Crippen LogP contribution in [0.15, 0.2) is 42.5 Å². The lowest BCUT2D eigenvalue weighted by Crippen LogP contribution is -3.15. The Balaban J connectivity index is 1.45. The summed E-state index contributed by atoms with van der Waals surface area (Å²) in [6.07, 6.45) is 0.389. The zero-order valence-corrected chi connectivity index (χ0v) is 17.2. The highest BCUT2D eigenvalue weighted by atomic mass is 35.5. The third kappa shape index (κ3) is 5.33. The van der Waals surface area contributed by atoms with Gasteiger partial charge < -0.3 is 15.1 Å². The average molecular weight is 401 g/mol. The lowest BCUT2D eigenvalue weighted by atomic mass is 10.1. The molecule has 2 amide bonds. The van der Waals surface area contributed by atoms with Crippen LogP contribution in [0.3, 0.4) is 0 Å². The van der Waals surface area contributed by atoms with Crippen LogP contribution in [-0.2, 0) is 16.0 Å². The van der Waals surface area contributed by atoms with Gasteiger partial charge in [0.2, 0.25) is 5.91 Å². The molecule has 1 aliphatic heterocycles. The second kappa shape index (κ2) is 9.22. The summed E-state index contributed by atoms with van der Waals surface area (Å²) in [5.74, 6) is 0.144. The Morgan fingerprint density at radius 3 is 2.43 bits per heavy atom. The molecule has 0 atom stereocenters. The molecule has 0 aromatic heterocycles. The Kier molecular flexibility index (Phi) is 6.70. The van der Waals surface area contributed by atoms with Crippen LogP contribution in [0.1, 0.15) is 16.7 Å². The Bertz CT molecular complexity index is 843. The third-order valence-corrected chi connectivity index (χ3v) is 5.63. The molecule has 2 aromatic carbocycles. The van der Waals surface area contributed by atoms with E-state index < -0.39 is 0 Å². The summed E-state index contributed by atoms with van der Waals surface area (Å²) in [5, 5.41) is 3.69. The molecule has 28 heavy (non-hydrogen) atoms. The fourth-order valence-electron chi connectivity index (χ4n) is 3.45. The van der Waals surface area contributed by atoms with Crippen molar-refractivity contribution in [3.05, 3.63) is 64.2 Å². The minimum absolute atomic E-state index is 0.0182. The minimum Gasteiger partial charge on any atom is -0.331 e. The van der Waals surface area contributed by atoms with E-state index in [4.69, 9.17) is 11.6 Å². The summed E-state index contributed by atoms with van der Waals surface area (Å²) >= 11 is 5.89. The van der Waals surface area contributed by atoms with Crippen molar-refractivity contribution in [2.45, 2.75) is 20.3 Å². The number of carbonyl (C=O) groups excluding carboxylic acids is 2. The maximum Gasteiger partial charge on any atom is 0.279 e. The number of rotatable bonds is 5. The lowest BCUT2D eigenvalue weighted by Gasteiger charge is -2.32. The summed E-state index contributed by atoms with van der Waals surface area (Å²) in [7, 11) is 0. The number of quaternary nitrogens is 1. The van der Waals surface area contributed by atoms with Crippen LogP contribution in [0, 0.1) is 13.8 Å². The minimum atomic E-state index is 0.0182. The van der Waals surface area contributed by atoms with Crippen LogP contribution in [0.5, 0.6) is 0 Å². The topological polar surface area (TPSA) is 53.9 Å². The van der Waals surface area contributed by atoms with Crippen LogP contribution in [0.25, 0.3) is 0 Å². The molecule has 148 valence electrons. The first kappa shape index (κ1) is 20.4. The molecule has 0 saturated carbocycles. The molecule has 0 bridgehead atoms. The number of carbonyl (C=O) groups is 2. The van der Waals surface area contributed by atoms with E-state index >= 15 is 0 Å². The van der Waals surface area contributed by atoms with Crippen LogP contribution in [-0.4, -0.2) is 49.4 Å². The van der Waals surface area contributed by atoms with Crippen molar-refractivity contribution in [1.82, 2.24) is 4.90 Å². The maximum absolute atomic E-state index is 12.5. The number of benzene rings is 2. The summed E-state index contributed by atoms with van der Waals surface area (Å²) < 4.78 is 0. The third-order valence-electron chi connectivity index (χ3n) is 5.38. The van der Waals surface area contributed by atoms with Crippen molar-refractivity contribution in [3.63, 3.8) is 0 Å².